The van der Waals surface area contributed by atoms with Crippen molar-refractivity contribution < 1.29 is 18.7 Å². The van der Waals surface area contributed by atoms with Gasteiger partial charge in [0.05, 0.1) is 18.7 Å². The number of carbonyl (C=O) groups excluding carboxylic acids is 2. The maximum absolute atomic E-state index is 13.4. The number of carbonyl (C=O) groups is 2. The van der Waals surface area contributed by atoms with Crippen LogP contribution in [0.4, 0.5) is 10.1 Å². The van der Waals surface area contributed by atoms with Crippen LogP contribution in [-0.4, -0.2) is 30.5 Å². The van der Waals surface area contributed by atoms with E-state index >= 15 is 0 Å². The number of anilines is 1. The van der Waals surface area contributed by atoms with Gasteiger partial charge in [0.2, 0.25) is 5.91 Å². The Balaban J connectivity index is 2.30. The minimum Gasteiger partial charge on any atom is -0.469 e. The lowest BCUT2D eigenvalue weighted by atomic mass is 10.1. The fourth-order valence-corrected chi connectivity index (χ4v) is 2.31. The molecule has 19 heavy (non-hydrogen) atoms. The molecule has 5 nitrogen and oxygen atoms in total. The maximum atomic E-state index is 13.4. The Labute approximate surface area is 118 Å². The smallest absolute Gasteiger partial charge is 0.311 e. The molecule has 1 fully saturated rings. The topological polar surface area (TPSA) is 59.5 Å². The molecule has 1 amide bonds. The van der Waals surface area contributed by atoms with E-state index in [4.69, 9.17) is 23.2 Å². The quantitative estimate of drug-likeness (QED) is 0.620. The maximum Gasteiger partial charge on any atom is 0.311 e. The highest BCUT2D eigenvalue weighted by Gasteiger charge is 2.37. The van der Waals surface area contributed by atoms with E-state index in [9.17, 15) is 14.0 Å². The number of halogens is 3. The molecular formula is C11H9Cl2FN2O3. The van der Waals surface area contributed by atoms with E-state index in [-0.39, 0.29) is 34.9 Å². The number of amides is 1. The Kier molecular flexibility index (Phi) is 3.91. The molecule has 1 aliphatic rings. The Morgan fingerprint density at radius 3 is 2.84 bits per heavy atom. The van der Waals surface area contributed by atoms with Gasteiger partial charge in [0.15, 0.2) is 16.1 Å². The molecule has 1 aromatic heterocycles. The molecule has 8 heteroatoms. The molecule has 1 atom stereocenters. The van der Waals surface area contributed by atoms with Crippen LogP contribution in [0.3, 0.4) is 0 Å². The number of hydrogen-bond donors (Lipinski definition) is 0. The summed E-state index contributed by atoms with van der Waals surface area (Å²) in [6.07, 6.45) is -0.00670. The first kappa shape index (κ1) is 14.0. The number of rotatable bonds is 2. The van der Waals surface area contributed by atoms with Crippen LogP contribution >= 0.6 is 23.2 Å². The highest BCUT2D eigenvalue weighted by molar-refractivity contribution is 6.34. The largest absolute Gasteiger partial charge is 0.469 e. The van der Waals surface area contributed by atoms with Gasteiger partial charge in [-0.2, -0.15) is 0 Å². The van der Waals surface area contributed by atoms with Gasteiger partial charge < -0.3 is 9.64 Å². The number of nitrogens with zero attached hydrogens (tertiary/aromatic N) is 2. The first-order valence-corrected chi connectivity index (χ1v) is 6.09. The second-order valence-electron chi connectivity index (χ2n) is 4.00. The first-order valence-electron chi connectivity index (χ1n) is 5.33. The highest BCUT2D eigenvalue weighted by atomic mass is 35.5. The van der Waals surface area contributed by atoms with Gasteiger partial charge in [-0.3, -0.25) is 9.59 Å². The van der Waals surface area contributed by atoms with E-state index in [1.807, 2.05) is 0 Å². The van der Waals surface area contributed by atoms with Gasteiger partial charge in [0.1, 0.15) is 0 Å². The number of aromatic nitrogens is 1. The third kappa shape index (κ3) is 2.64. The van der Waals surface area contributed by atoms with Crippen molar-refractivity contribution in [2.24, 2.45) is 5.92 Å². The second kappa shape index (κ2) is 5.30. The summed E-state index contributed by atoms with van der Waals surface area (Å²) >= 11 is 11.3. The van der Waals surface area contributed by atoms with Gasteiger partial charge in [0.25, 0.3) is 0 Å². The first-order chi connectivity index (χ1) is 8.93. The van der Waals surface area contributed by atoms with Crippen molar-refractivity contribution in [3.05, 3.63) is 22.2 Å². The van der Waals surface area contributed by atoms with Crippen molar-refractivity contribution in [1.29, 1.82) is 0 Å². The van der Waals surface area contributed by atoms with Gasteiger partial charge in [-0.25, -0.2) is 9.37 Å². The fourth-order valence-electron chi connectivity index (χ4n) is 1.89. The van der Waals surface area contributed by atoms with E-state index in [2.05, 4.69) is 9.72 Å². The fraction of sp³-hybridized carbons (Fsp3) is 0.364. The number of ether oxygens (including phenoxy) is 1. The normalized spacial score (nSPS) is 18.8. The molecule has 0 aromatic carbocycles. The average molecular weight is 307 g/mol. The number of hydrogen-bond acceptors (Lipinski definition) is 4. The zero-order valence-corrected chi connectivity index (χ0v) is 11.3. The summed E-state index contributed by atoms with van der Waals surface area (Å²) in [6, 6.07) is 1.02. The molecule has 0 bridgehead atoms. The standard InChI is InChI=1S/C11H9Cl2FN2O3/c1-19-11(18)5-2-8(17)16(4-5)7-3-6(14)9(12)15-10(7)13/h3,5H,2,4H2,1H3. The molecule has 1 aromatic rings. The van der Waals surface area contributed by atoms with Crippen LogP contribution in [0.25, 0.3) is 0 Å². The molecule has 1 unspecified atom stereocenters. The van der Waals surface area contributed by atoms with Gasteiger partial charge in [0, 0.05) is 19.0 Å². The Hall–Kier alpha value is -1.40. The Morgan fingerprint density at radius 2 is 2.21 bits per heavy atom. The molecule has 0 radical (unpaired) electrons. The molecule has 102 valence electrons. The summed E-state index contributed by atoms with van der Waals surface area (Å²) in [4.78, 5) is 28.0. The van der Waals surface area contributed by atoms with Gasteiger partial charge in [-0.1, -0.05) is 23.2 Å². The van der Waals surface area contributed by atoms with Crippen molar-refractivity contribution in [1.82, 2.24) is 4.98 Å². The van der Waals surface area contributed by atoms with Crippen molar-refractivity contribution >= 4 is 40.8 Å². The molecule has 2 rings (SSSR count). The molecule has 2 heterocycles. The molecule has 0 spiro atoms. The number of methoxy groups -OCH3 is 1. The van der Waals surface area contributed by atoms with Crippen LogP contribution in [-0.2, 0) is 14.3 Å². The predicted molar refractivity (Wildman–Crippen MR) is 66.7 cm³/mol. The van der Waals surface area contributed by atoms with Crippen LogP contribution in [0.15, 0.2) is 6.07 Å². The lowest BCUT2D eigenvalue weighted by Crippen LogP contribution is -2.26. The van der Waals surface area contributed by atoms with Crippen molar-refractivity contribution in [3.63, 3.8) is 0 Å². The van der Waals surface area contributed by atoms with E-state index in [1.165, 1.54) is 12.0 Å². The van der Waals surface area contributed by atoms with Crippen LogP contribution < -0.4 is 4.90 Å². The van der Waals surface area contributed by atoms with Crippen molar-refractivity contribution in [3.8, 4) is 0 Å². The highest BCUT2D eigenvalue weighted by Crippen LogP contribution is 2.32. The monoisotopic (exact) mass is 306 g/mol. The van der Waals surface area contributed by atoms with E-state index in [0.717, 1.165) is 6.07 Å². The molecule has 0 N–H and O–H groups in total. The summed E-state index contributed by atoms with van der Waals surface area (Å²) in [5.74, 6) is -2.21. The van der Waals surface area contributed by atoms with Crippen LogP contribution in [0.2, 0.25) is 10.3 Å². The Bertz CT molecular complexity index is 553. The van der Waals surface area contributed by atoms with Crippen LogP contribution in [0.5, 0.6) is 0 Å². The molecular weight excluding hydrogens is 298 g/mol. The number of esters is 1. The van der Waals surface area contributed by atoms with Crippen molar-refractivity contribution in [2.75, 3.05) is 18.6 Å². The van der Waals surface area contributed by atoms with E-state index in [1.54, 1.807) is 0 Å². The molecule has 0 aliphatic carbocycles. The summed E-state index contributed by atoms with van der Waals surface area (Å²) in [7, 11) is 1.24. The summed E-state index contributed by atoms with van der Waals surface area (Å²) in [6.45, 7) is 0.0774. The van der Waals surface area contributed by atoms with E-state index in [0.29, 0.717) is 0 Å². The third-order valence-electron chi connectivity index (χ3n) is 2.82. The van der Waals surface area contributed by atoms with Gasteiger partial charge in [-0.05, 0) is 0 Å². The lowest BCUT2D eigenvalue weighted by molar-refractivity contribution is -0.145. The van der Waals surface area contributed by atoms with Crippen LogP contribution in [0.1, 0.15) is 6.42 Å². The summed E-state index contributed by atoms with van der Waals surface area (Å²) < 4.78 is 18.0. The minimum absolute atomic E-state index is 0.00670. The third-order valence-corrected chi connectivity index (χ3v) is 3.36. The molecule has 0 saturated carbocycles. The lowest BCUT2D eigenvalue weighted by Gasteiger charge is -2.17. The zero-order chi connectivity index (χ0) is 14.2. The predicted octanol–water partition coefficient (Wildman–Crippen LogP) is 2.05. The summed E-state index contributed by atoms with van der Waals surface area (Å²) in [5.41, 5.74) is 0.0972. The second-order valence-corrected chi connectivity index (χ2v) is 4.72. The van der Waals surface area contributed by atoms with Crippen LogP contribution in [0, 0.1) is 11.7 Å². The van der Waals surface area contributed by atoms with Gasteiger partial charge >= 0.3 is 5.97 Å². The van der Waals surface area contributed by atoms with Crippen molar-refractivity contribution in [2.45, 2.75) is 6.42 Å². The Morgan fingerprint density at radius 1 is 1.53 bits per heavy atom. The zero-order valence-electron chi connectivity index (χ0n) is 9.82. The van der Waals surface area contributed by atoms with E-state index < -0.39 is 17.7 Å². The molecule has 1 saturated heterocycles. The number of pyridine rings is 1. The molecule has 1 aliphatic heterocycles. The summed E-state index contributed by atoms with van der Waals surface area (Å²) in [5, 5.41) is -0.463. The minimum atomic E-state index is -0.782. The SMILES string of the molecule is COC(=O)C1CC(=O)N(c2cc(F)c(Cl)nc2Cl)C1. The van der Waals surface area contributed by atoms with Gasteiger partial charge in [-0.15, -0.1) is 0 Å². The average Bonchev–Trinajstić information content (AvgIpc) is 2.75.